The number of nitrogens with one attached hydrogen (secondary N) is 1. The van der Waals surface area contributed by atoms with E-state index in [2.05, 4.69) is 35.4 Å². The first-order chi connectivity index (χ1) is 15.5. The Hall–Kier alpha value is -3.15. The highest BCUT2D eigenvalue weighted by molar-refractivity contribution is 5.99. The first kappa shape index (κ1) is 20.7. The molecular weight excluding hydrogens is 400 g/mol. The lowest BCUT2D eigenvalue weighted by molar-refractivity contribution is 0.0696. The van der Waals surface area contributed by atoms with Gasteiger partial charge in [0.25, 0.3) is 11.8 Å². The van der Waals surface area contributed by atoms with Gasteiger partial charge in [0.15, 0.2) is 0 Å². The average molecular weight is 431 g/mol. The van der Waals surface area contributed by atoms with Crippen LogP contribution in [0.1, 0.15) is 63.7 Å². The van der Waals surface area contributed by atoms with Crippen LogP contribution in [0.25, 0.3) is 10.9 Å². The summed E-state index contributed by atoms with van der Waals surface area (Å²) in [5.74, 6) is 0.862. The van der Waals surface area contributed by atoms with Gasteiger partial charge < -0.3 is 14.8 Å². The van der Waals surface area contributed by atoms with Crippen molar-refractivity contribution >= 4 is 22.7 Å². The van der Waals surface area contributed by atoms with Crippen molar-refractivity contribution in [2.75, 3.05) is 19.6 Å². The smallest absolute Gasteiger partial charge is 0.270 e. The van der Waals surface area contributed by atoms with Gasteiger partial charge in [-0.3, -0.25) is 14.6 Å². The number of aromatic nitrogens is 2. The van der Waals surface area contributed by atoms with Crippen LogP contribution < -0.4 is 5.32 Å². The van der Waals surface area contributed by atoms with E-state index >= 15 is 0 Å². The zero-order valence-electron chi connectivity index (χ0n) is 18.8. The summed E-state index contributed by atoms with van der Waals surface area (Å²) in [5, 5.41) is 4.08. The van der Waals surface area contributed by atoms with Gasteiger partial charge >= 0.3 is 0 Å². The minimum atomic E-state index is -0.0533. The summed E-state index contributed by atoms with van der Waals surface area (Å²) < 4.78 is 1.99. The molecule has 5 rings (SSSR count). The van der Waals surface area contributed by atoms with Crippen molar-refractivity contribution in [1.82, 2.24) is 19.8 Å². The molecule has 1 saturated carbocycles. The molecule has 0 bridgehead atoms. The van der Waals surface area contributed by atoms with Crippen LogP contribution >= 0.6 is 0 Å². The summed E-state index contributed by atoms with van der Waals surface area (Å²) in [7, 11) is 1.96. The van der Waals surface area contributed by atoms with Gasteiger partial charge in [-0.25, -0.2) is 0 Å². The van der Waals surface area contributed by atoms with E-state index in [0.29, 0.717) is 18.0 Å². The molecule has 2 aliphatic rings. The zero-order chi connectivity index (χ0) is 22.2. The second-order valence-electron chi connectivity index (χ2n) is 9.37. The van der Waals surface area contributed by atoms with Gasteiger partial charge in [0.2, 0.25) is 0 Å². The van der Waals surface area contributed by atoms with Crippen molar-refractivity contribution in [2.24, 2.45) is 13.0 Å². The molecule has 1 atom stereocenters. The van der Waals surface area contributed by atoms with Gasteiger partial charge in [0, 0.05) is 55.4 Å². The molecule has 3 heterocycles. The predicted molar refractivity (Wildman–Crippen MR) is 125 cm³/mol. The number of benzene rings is 1. The molecule has 6 heteroatoms. The second kappa shape index (κ2) is 8.41. The summed E-state index contributed by atoms with van der Waals surface area (Å²) in [4.78, 5) is 32.2. The zero-order valence-corrected chi connectivity index (χ0v) is 18.8. The molecule has 0 spiro atoms. The van der Waals surface area contributed by atoms with E-state index in [1.54, 1.807) is 6.20 Å². The molecule has 2 amide bonds. The van der Waals surface area contributed by atoms with Gasteiger partial charge in [0.05, 0.1) is 5.56 Å². The van der Waals surface area contributed by atoms with E-state index in [1.165, 1.54) is 18.4 Å². The third-order valence-electron chi connectivity index (χ3n) is 6.84. The van der Waals surface area contributed by atoms with E-state index in [-0.39, 0.29) is 17.7 Å². The number of hydrogen-bond donors (Lipinski definition) is 1. The van der Waals surface area contributed by atoms with E-state index in [9.17, 15) is 9.59 Å². The quantitative estimate of drug-likeness (QED) is 0.664. The molecule has 0 unspecified atom stereocenters. The molecule has 1 aliphatic heterocycles. The number of amides is 2. The normalized spacial score (nSPS) is 18.7. The van der Waals surface area contributed by atoms with Crippen LogP contribution in [0.3, 0.4) is 0 Å². The fourth-order valence-electron chi connectivity index (χ4n) is 4.68. The van der Waals surface area contributed by atoms with E-state index in [4.69, 9.17) is 0 Å². The molecule has 1 aliphatic carbocycles. The van der Waals surface area contributed by atoms with Crippen LogP contribution in [0.2, 0.25) is 0 Å². The van der Waals surface area contributed by atoms with Gasteiger partial charge in [-0.05, 0) is 68.9 Å². The number of carbonyl (C=O) groups is 2. The Bertz CT molecular complexity index is 1160. The lowest BCUT2D eigenvalue weighted by Gasteiger charge is -2.32. The first-order valence-electron chi connectivity index (χ1n) is 11.6. The van der Waals surface area contributed by atoms with Crippen LogP contribution in [-0.4, -0.2) is 45.9 Å². The standard InChI is InChI=1S/C26H30N4O2/c1-17-5-10-23-21(12-17)13-24(29(23)2)26(32)30-11-3-4-20(16-30)22-9-8-19(15-27-22)25(31)28-14-18-6-7-18/h5,8-10,12-13,15,18,20H,3-4,6-7,11,14,16H2,1-2H3,(H,28,31)/t20-/m0/s1. The van der Waals surface area contributed by atoms with Gasteiger partial charge in [0.1, 0.15) is 5.69 Å². The number of carbonyl (C=O) groups excluding carboxylic acids is 2. The Morgan fingerprint density at radius 3 is 2.72 bits per heavy atom. The minimum Gasteiger partial charge on any atom is -0.352 e. The highest BCUT2D eigenvalue weighted by Gasteiger charge is 2.28. The maximum atomic E-state index is 13.4. The number of likely N-dealkylation sites (tertiary alicyclic amines) is 1. The largest absolute Gasteiger partial charge is 0.352 e. The lowest BCUT2D eigenvalue weighted by atomic mass is 9.93. The molecule has 6 nitrogen and oxygen atoms in total. The first-order valence-corrected chi connectivity index (χ1v) is 11.6. The fraction of sp³-hybridized carbons (Fsp3) is 0.423. The molecule has 3 aromatic rings. The number of piperidine rings is 1. The van der Waals surface area contributed by atoms with Crippen LogP contribution in [0.15, 0.2) is 42.6 Å². The number of hydrogen-bond acceptors (Lipinski definition) is 3. The lowest BCUT2D eigenvalue weighted by Crippen LogP contribution is -2.40. The molecule has 166 valence electrons. The van der Waals surface area contributed by atoms with Crippen molar-refractivity contribution in [2.45, 2.75) is 38.5 Å². The average Bonchev–Trinajstić information content (AvgIpc) is 3.59. The summed E-state index contributed by atoms with van der Waals surface area (Å²) in [6, 6.07) is 12.1. The molecule has 2 aromatic heterocycles. The molecule has 1 aromatic carbocycles. The van der Waals surface area contributed by atoms with E-state index < -0.39 is 0 Å². The molecule has 1 saturated heterocycles. The summed E-state index contributed by atoms with van der Waals surface area (Å²) >= 11 is 0. The summed E-state index contributed by atoms with van der Waals surface area (Å²) in [6.45, 7) is 4.24. The summed E-state index contributed by atoms with van der Waals surface area (Å²) in [5.41, 5.74) is 4.54. The van der Waals surface area contributed by atoms with Crippen LogP contribution in [0, 0.1) is 12.8 Å². The highest BCUT2D eigenvalue weighted by atomic mass is 16.2. The highest BCUT2D eigenvalue weighted by Crippen LogP contribution is 2.29. The van der Waals surface area contributed by atoms with Gasteiger partial charge in [-0.2, -0.15) is 0 Å². The monoisotopic (exact) mass is 430 g/mol. The Balaban J connectivity index is 1.28. The van der Waals surface area contributed by atoms with Crippen LogP contribution in [0.4, 0.5) is 0 Å². The molecule has 0 radical (unpaired) electrons. The Morgan fingerprint density at radius 1 is 1.12 bits per heavy atom. The van der Waals surface area contributed by atoms with Crippen molar-refractivity contribution in [3.63, 3.8) is 0 Å². The number of rotatable bonds is 5. The third kappa shape index (κ3) is 4.14. The van der Waals surface area contributed by atoms with Crippen molar-refractivity contribution in [3.8, 4) is 0 Å². The van der Waals surface area contributed by atoms with E-state index in [1.807, 2.05) is 34.7 Å². The predicted octanol–water partition coefficient (Wildman–Crippen LogP) is 4.04. The molecule has 2 fully saturated rings. The van der Waals surface area contributed by atoms with Crippen molar-refractivity contribution < 1.29 is 9.59 Å². The molecular formula is C26H30N4O2. The maximum Gasteiger partial charge on any atom is 0.270 e. The van der Waals surface area contributed by atoms with Crippen molar-refractivity contribution in [1.29, 1.82) is 0 Å². The number of fused-ring (bicyclic) bond motifs is 1. The number of pyridine rings is 1. The Kier molecular flexibility index (Phi) is 5.45. The Morgan fingerprint density at radius 2 is 1.97 bits per heavy atom. The van der Waals surface area contributed by atoms with E-state index in [0.717, 1.165) is 48.2 Å². The topological polar surface area (TPSA) is 67.2 Å². The third-order valence-corrected chi connectivity index (χ3v) is 6.84. The number of nitrogens with zero attached hydrogens (tertiary/aromatic N) is 3. The van der Waals surface area contributed by atoms with Crippen molar-refractivity contribution in [3.05, 3.63) is 65.1 Å². The minimum absolute atomic E-state index is 0.0533. The fourth-order valence-corrected chi connectivity index (χ4v) is 4.68. The molecule has 32 heavy (non-hydrogen) atoms. The number of aryl methyl sites for hydroxylation is 2. The maximum absolute atomic E-state index is 13.4. The van der Waals surface area contributed by atoms with Gasteiger partial charge in [-0.1, -0.05) is 11.6 Å². The summed E-state index contributed by atoms with van der Waals surface area (Å²) in [6.07, 6.45) is 6.05. The Labute approximate surface area is 188 Å². The molecule has 1 N–H and O–H groups in total. The van der Waals surface area contributed by atoms with Gasteiger partial charge in [-0.15, -0.1) is 0 Å². The second-order valence-corrected chi connectivity index (χ2v) is 9.37. The SMILES string of the molecule is Cc1ccc2c(c1)cc(C(=O)N1CCC[C@H](c3ccc(C(=O)NCC4CC4)cn3)C1)n2C. The van der Waals surface area contributed by atoms with Crippen LogP contribution in [-0.2, 0) is 7.05 Å². The van der Waals surface area contributed by atoms with Crippen LogP contribution in [0.5, 0.6) is 0 Å².